The zero-order chi connectivity index (χ0) is 28.3. The Hall–Kier alpha value is -2.98. The van der Waals surface area contributed by atoms with Gasteiger partial charge in [0.1, 0.15) is 18.5 Å². The molecule has 1 saturated carbocycles. The van der Waals surface area contributed by atoms with E-state index in [1.165, 1.54) is 24.0 Å². The zero-order valence-electron chi connectivity index (χ0n) is 22.0. The summed E-state index contributed by atoms with van der Waals surface area (Å²) in [6.07, 6.45) is -0.187. The van der Waals surface area contributed by atoms with Crippen molar-refractivity contribution in [1.29, 1.82) is 0 Å². The lowest BCUT2D eigenvalue weighted by molar-refractivity contribution is -0.149. The number of allylic oxidation sites excluding steroid dienone is 1. The lowest BCUT2D eigenvalue weighted by Gasteiger charge is -2.35. The van der Waals surface area contributed by atoms with Gasteiger partial charge in [0.2, 0.25) is 0 Å². The Kier molecular flexibility index (Phi) is 9.20. The summed E-state index contributed by atoms with van der Waals surface area (Å²) in [4.78, 5) is 26.3. The van der Waals surface area contributed by atoms with Gasteiger partial charge in [-0.15, -0.1) is 0 Å². The van der Waals surface area contributed by atoms with Crippen molar-refractivity contribution < 1.29 is 37.4 Å². The van der Waals surface area contributed by atoms with Crippen LogP contribution in [0.4, 0.5) is 9.18 Å². The number of nitrogens with one attached hydrogen (secondary N) is 2. The molecule has 1 aliphatic carbocycles. The highest BCUT2D eigenvalue weighted by molar-refractivity contribution is 7.52. The number of rotatable bonds is 11. The van der Waals surface area contributed by atoms with Gasteiger partial charge in [-0.25, -0.2) is 13.8 Å². The molecule has 0 saturated heterocycles. The van der Waals surface area contributed by atoms with E-state index in [0.717, 1.165) is 0 Å². The van der Waals surface area contributed by atoms with Crippen LogP contribution in [0.2, 0.25) is 0 Å². The van der Waals surface area contributed by atoms with E-state index in [2.05, 4.69) is 23.6 Å². The van der Waals surface area contributed by atoms with Gasteiger partial charge in [-0.3, -0.25) is 14.2 Å². The molecule has 2 unspecified atom stereocenters. The predicted octanol–water partition coefficient (Wildman–Crippen LogP) is 4.21. The summed E-state index contributed by atoms with van der Waals surface area (Å²) in [5.74, 6) is -0.512. The molecule has 1 aromatic rings. The van der Waals surface area contributed by atoms with E-state index in [-0.39, 0.29) is 17.7 Å². The number of aliphatic hydroxyl groups excluding tert-OH is 1. The molecule has 0 spiro atoms. The Morgan fingerprint density at radius 3 is 2.58 bits per heavy atom. The Balaban J connectivity index is 1.85. The van der Waals surface area contributed by atoms with E-state index in [1.54, 1.807) is 45.2 Å². The van der Waals surface area contributed by atoms with Crippen molar-refractivity contribution in [2.24, 2.45) is 5.41 Å². The number of benzene rings is 1. The maximum Gasteiger partial charge on any atom is 0.459 e. The molecule has 3 N–H and O–H groups in total. The van der Waals surface area contributed by atoms with Crippen LogP contribution >= 0.6 is 7.75 Å². The minimum absolute atomic E-state index is 0.0236. The number of esters is 1. The van der Waals surface area contributed by atoms with Gasteiger partial charge in [0.15, 0.2) is 0 Å². The smallest absolute Gasteiger partial charge is 0.459 e. The molecule has 208 valence electrons. The van der Waals surface area contributed by atoms with Crippen LogP contribution in [0.15, 0.2) is 66.5 Å². The van der Waals surface area contributed by atoms with E-state index in [0.29, 0.717) is 11.3 Å². The highest BCUT2D eigenvalue weighted by Crippen LogP contribution is 2.51. The third kappa shape index (κ3) is 6.35. The summed E-state index contributed by atoms with van der Waals surface area (Å²) in [6, 6.07) is 5.76. The average Bonchev–Trinajstić information content (AvgIpc) is 3.10. The molecular formula is C26H35FN3O7P. The third-order valence-corrected chi connectivity index (χ3v) is 8.14. The van der Waals surface area contributed by atoms with Crippen LogP contribution in [0.5, 0.6) is 5.75 Å². The molecule has 5 atom stereocenters. The lowest BCUT2D eigenvalue weighted by atomic mass is 9.83. The molecule has 0 aromatic heterocycles. The fourth-order valence-electron chi connectivity index (χ4n) is 4.21. The van der Waals surface area contributed by atoms with E-state index < -0.39 is 62.7 Å². The fourth-order valence-corrected chi connectivity index (χ4v) is 5.77. The number of carbonyl (C=O) groups excluding carboxylic acids is 2. The molecule has 1 heterocycles. The normalized spacial score (nSPS) is 26.0. The van der Waals surface area contributed by atoms with Gasteiger partial charge in [0.25, 0.3) is 0 Å². The number of nitrogens with zero attached hydrogens (tertiary/aromatic N) is 1. The summed E-state index contributed by atoms with van der Waals surface area (Å²) in [5.41, 5.74) is -0.378. The summed E-state index contributed by atoms with van der Waals surface area (Å²) in [6.45, 7) is 12.6. The van der Waals surface area contributed by atoms with E-state index in [9.17, 15) is 23.7 Å². The number of aliphatic hydroxyl groups is 1. The number of halogens is 1. The highest BCUT2D eigenvalue weighted by Gasteiger charge is 2.54. The number of para-hydroxylation sites is 1. The van der Waals surface area contributed by atoms with Crippen LogP contribution in [0.25, 0.3) is 0 Å². The molecule has 2 amide bonds. The van der Waals surface area contributed by atoms with Crippen molar-refractivity contribution in [2.75, 3.05) is 13.3 Å². The molecule has 1 aromatic carbocycles. The fraction of sp³-hybridized carbons (Fsp3) is 0.462. The average molecular weight is 552 g/mol. The molecular weight excluding hydrogens is 516 g/mol. The number of hydrogen-bond acceptors (Lipinski definition) is 7. The zero-order valence-corrected chi connectivity index (χ0v) is 22.9. The number of alkyl halides is 1. The summed E-state index contributed by atoms with van der Waals surface area (Å²) in [5, 5.41) is 16.1. The van der Waals surface area contributed by atoms with Gasteiger partial charge in [-0.2, -0.15) is 5.09 Å². The molecule has 38 heavy (non-hydrogen) atoms. The van der Waals surface area contributed by atoms with Crippen LogP contribution in [-0.4, -0.2) is 59.6 Å². The van der Waals surface area contributed by atoms with Crippen LogP contribution < -0.4 is 14.9 Å². The van der Waals surface area contributed by atoms with Crippen LogP contribution in [0.1, 0.15) is 34.1 Å². The monoisotopic (exact) mass is 551 g/mol. The van der Waals surface area contributed by atoms with Gasteiger partial charge in [0.05, 0.1) is 30.3 Å². The number of hydrogen-bond donors (Lipinski definition) is 3. The second-order valence-electron chi connectivity index (χ2n) is 9.72. The molecule has 10 nitrogen and oxygen atoms in total. The van der Waals surface area contributed by atoms with Crippen molar-refractivity contribution in [3.05, 3.63) is 66.5 Å². The standard InChI is InChI=1S/C26H35FN3O7P/c1-16(2)36-24(32)20(6)29-38(34,37-21-10-8-7-9-11-21)35-15-26(14-27)18(4)22(12-23(26)31)30-13-17(3)19(5)28-25(30)33/h7-11,13,16,20,22-23,31H,4-5,12,14-15H2,1-3,6H3,(H,28,33)(H,29,34)/t20?,22-,23-,26-,38?/m0/s1. The number of urea groups is 1. The largest absolute Gasteiger partial charge is 0.462 e. The molecule has 1 fully saturated rings. The first-order chi connectivity index (χ1) is 17.8. The minimum atomic E-state index is -4.32. The Morgan fingerprint density at radius 1 is 1.32 bits per heavy atom. The van der Waals surface area contributed by atoms with Crippen molar-refractivity contribution in [1.82, 2.24) is 15.3 Å². The first-order valence-corrected chi connectivity index (χ1v) is 13.7. The maximum atomic E-state index is 14.7. The number of ether oxygens (including phenoxy) is 1. The number of carbonyl (C=O) groups is 2. The highest BCUT2D eigenvalue weighted by atomic mass is 31.2. The second-order valence-corrected chi connectivity index (χ2v) is 11.4. The van der Waals surface area contributed by atoms with Gasteiger partial charge in [-0.05, 0) is 57.4 Å². The maximum absolute atomic E-state index is 14.7. The van der Waals surface area contributed by atoms with Crippen LogP contribution in [0.3, 0.4) is 0 Å². The van der Waals surface area contributed by atoms with Gasteiger partial charge >= 0.3 is 19.7 Å². The molecule has 2 aliphatic rings. The molecule has 12 heteroatoms. The topological polar surface area (TPSA) is 126 Å². The predicted molar refractivity (Wildman–Crippen MR) is 140 cm³/mol. The van der Waals surface area contributed by atoms with E-state index >= 15 is 0 Å². The van der Waals surface area contributed by atoms with Crippen LogP contribution in [-0.2, 0) is 18.6 Å². The molecule has 0 radical (unpaired) electrons. The summed E-state index contributed by atoms with van der Waals surface area (Å²) >= 11 is 0. The molecule has 0 bridgehead atoms. The van der Waals surface area contributed by atoms with Crippen LogP contribution in [0, 0.1) is 5.41 Å². The van der Waals surface area contributed by atoms with Gasteiger partial charge < -0.3 is 19.7 Å². The SMILES string of the molecule is C=C1NC(=O)N([C@H]2C[C@H](O)[C@@](CF)(COP(=O)(NC(C)C(=O)OC(C)C)Oc3ccccc3)C2=C)C=C1C. The van der Waals surface area contributed by atoms with Gasteiger partial charge in [0, 0.05) is 11.9 Å². The van der Waals surface area contributed by atoms with Crippen molar-refractivity contribution >= 4 is 19.7 Å². The summed E-state index contributed by atoms with van der Waals surface area (Å²) in [7, 11) is -4.32. The first-order valence-electron chi connectivity index (χ1n) is 12.2. The Morgan fingerprint density at radius 2 is 1.97 bits per heavy atom. The quantitative estimate of drug-likeness (QED) is 0.212. The second kappa shape index (κ2) is 11.8. The summed E-state index contributed by atoms with van der Waals surface area (Å²) < 4.78 is 45.0. The first kappa shape index (κ1) is 29.6. The molecule has 3 rings (SSSR count). The minimum Gasteiger partial charge on any atom is -0.462 e. The van der Waals surface area contributed by atoms with E-state index in [4.69, 9.17) is 13.8 Å². The Labute approximate surface area is 222 Å². The lowest BCUT2D eigenvalue weighted by Crippen LogP contribution is -2.46. The third-order valence-electron chi connectivity index (χ3n) is 6.52. The van der Waals surface area contributed by atoms with Crippen molar-refractivity contribution in [3.8, 4) is 5.75 Å². The molecule has 1 aliphatic heterocycles. The number of amides is 2. The Bertz CT molecular complexity index is 1160. The van der Waals surface area contributed by atoms with Gasteiger partial charge in [-0.1, -0.05) is 31.4 Å². The van der Waals surface area contributed by atoms with E-state index in [1.807, 2.05) is 0 Å². The van der Waals surface area contributed by atoms with Crippen molar-refractivity contribution in [2.45, 2.75) is 58.4 Å². The van der Waals surface area contributed by atoms with Crippen molar-refractivity contribution in [3.63, 3.8) is 0 Å².